The molecule has 0 spiro atoms. The molecule has 0 bridgehead atoms. The van der Waals surface area contributed by atoms with E-state index >= 15 is 0 Å². The van der Waals surface area contributed by atoms with Crippen LogP contribution in [0.5, 0.6) is 0 Å². The van der Waals surface area contributed by atoms with E-state index in [2.05, 4.69) is 61.7 Å². The Kier molecular flexibility index (Phi) is 4.70. The van der Waals surface area contributed by atoms with Gasteiger partial charge in [0.2, 0.25) is 0 Å². The monoisotopic (exact) mass is 280 g/mol. The smallest absolute Gasteiger partial charge is 0.0273 e. The molecule has 1 aliphatic heterocycles. The normalized spacial score (nSPS) is 26.0. The lowest BCUT2D eigenvalue weighted by Gasteiger charge is -2.47. The van der Waals surface area contributed by atoms with Gasteiger partial charge in [-0.05, 0) is 33.7 Å². The van der Waals surface area contributed by atoms with E-state index in [0.29, 0.717) is 23.4 Å². The predicted octanol–water partition coefficient (Wildman–Crippen LogP) is 3.59. The number of hydrogen-bond acceptors (Lipinski definition) is 3. The van der Waals surface area contributed by atoms with E-state index in [-0.39, 0.29) is 0 Å². The van der Waals surface area contributed by atoms with Crippen LogP contribution in [-0.4, -0.2) is 30.1 Å². The van der Waals surface area contributed by atoms with Crippen molar-refractivity contribution in [3.05, 3.63) is 22.4 Å². The van der Waals surface area contributed by atoms with E-state index in [1.165, 1.54) is 5.56 Å². The van der Waals surface area contributed by atoms with Crippen LogP contribution in [0.1, 0.15) is 40.2 Å². The molecule has 1 aliphatic rings. The van der Waals surface area contributed by atoms with E-state index in [9.17, 15) is 0 Å². The first-order chi connectivity index (χ1) is 8.88. The van der Waals surface area contributed by atoms with Gasteiger partial charge in [-0.3, -0.25) is 4.90 Å². The molecule has 2 heterocycles. The highest BCUT2D eigenvalue weighted by atomic mass is 32.1. The van der Waals surface area contributed by atoms with Gasteiger partial charge in [0.25, 0.3) is 0 Å². The zero-order valence-corrected chi connectivity index (χ0v) is 13.8. The fourth-order valence-electron chi connectivity index (χ4n) is 2.93. The first-order valence-electron chi connectivity index (χ1n) is 7.36. The summed E-state index contributed by atoms with van der Waals surface area (Å²) in [5.74, 6) is 0.700. The van der Waals surface area contributed by atoms with Gasteiger partial charge in [-0.2, -0.15) is 11.3 Å². The molecule has 3 heteroatoms. The van der Waals surface area contributed by atoms with E-state index in [0.717, 1.165) is 19.6 Å². The molecule has 2 rings (SSSR count). The molecule has 0 amide bonds. The van der Waals surface area contributed by atoms with Crippen molar-refractivity contribution in [3.8, 4) is 0 Å². The molecule has 1 saturated heterocycles. The van der Waals surface area contributed by atoms with Crippen molar-refractivity contribution in [2.75, 3.05) is 13.1 Å². The van der Waals surface area contributed by atoms with Crippen LogP contribution in [0.3, 0.4) is 0 Å². The highest BCUT2D eigenvalue weighted by Gasteiger charge is 2.36. The first kappa shape index (κ1) is 15.0. The highest BCUT2D eigenvalue weighted by Crippen LogP contribution is 2.29. The third-order valence-electron chi connectivity index (χ3n) is 4.22. The second-order valence-corrected chi connectivity index (χ2v) is 7.98. The largest absolute Gasteiger partial charge is 0.311 e. The molecule has 2 unspecified atom stereocenters. The molecule has 1 N–H and O–H groups in total. The van der Waals surface area contributed by atoms with Crippen LogP contribution in [0.2, 0.25) is 0 Å². The Morgan fingerprint density at radius 1 is 1.42 bits per heavy atom. The predicted molar refractivity (Wildman–Crippen MR) is 84.6 cm³/mol. The van der Waals surface area contributed by atoms with Crippen LogP contribution in [0.15, 0.2) is 16.8 Å². The summed E-state index contributed by atoms with van der Waals surface area (Å²) in [6.45, 7) is 15.1. The molecule has 19 heavy (non-hydrogen) atoms. The van der Waals surface area contributed by atoms with Crippen molar-refractivity contribution < 1.29 is 0 Å². The molecule has 2 nitrogen and oxygen atoms in total. The van der Waals surface area contributed by atoms with Crippen molar-refractivity contribution >= 4 is 11.3 Å². The summed E-state index contributed by atoms with van der Waals surface area (Å²) in [5, 5.41) is 8.21. The van der Waals surface area contributed by atoms with Gasteiger partial charge in [0.1, 0.15) is 0 Å². The van der Waals surface area contributed by atoms with E-state index in [4.69, 9.17) is 0 Å². The molecular weight excluding hydrogens is 252 g/mol. The summed E-state index contributed by atoms with van der Waals surface area (Å²) in [6.07, 6.45) is 0. The second-order valence-electron chi connectivity index (χ2n) is 7.20. The Labute approximate surface area is 122 Å². The second kappa shape index (κ2) is 5.94. The summed E-state index contributed by atoms with van der Waals surface area (Å²) >= 11 is 1.80. The Morgan fingerprint density at radius 3 is 2.68 bits per heavy atom. The molecule has 108 valence electrons. The van der Waals surface area contributed by atoms with Gasteiger partial charge in [-0.25, -0.2) is 0 Å². The standard InChI is InChI=1S/C16H28N2S/c1-12(2)14-10-18(9-13-6-7-19-11-13)15(8-17-14)16(3,4)5/h6-7,11-12,14-15,17H,8-10H2,1-5H3. The maximum absolute atomic E-state index is 3.75. The lowest BCUT2D eigenvalue weighted by atomic mass is 9.83. The molecule has 0 aromatic carbocycles. The molecule has 1 aromatic rings. The van der Waals surface area contributed by atoms with Crippen molar-refractivity contribution in [3.63, 3.8) is 0 Å². The minimum Gasteiger partial charge on any atom is -0.311 e. The molecule has 2 atom stereocenters. The summed E-state index contributed by atoms with van der Waals surface area (Å²) in [4.78, 5) is 2.68. The lowest BCUT2D eigenvalue weighted by molar-refractivity contribution is 0.0401. The number of piperazine rings is 1. The Hall–Kier alpha value is -0.380. The summed E-state index contributed by atoms with van der Waals surface area (Å²) in [6, 6.07) is 3.50. The molecule has 0 aliphatic carbocycles. The van der Waals surface area contributed by atoms with Gasteiger partial charge in [0.15, 0.2) is 0 Å². The fraction of sp³-hybridized carbons (Fsp3) is 0.750. The average molecular weight is 280 g/mol. The van der Waals surface area contributed by atoms with E-state index in [1.807, 2.05) is 0 Å². The van der Waals surface area contributed by atoms with E-state index in [1.54, 1.807) is 11.3 Å². The zero-order valence-electron chi connectivity index (χ0n) is 12.9. The van der Waals surface area contributed by atoms with Crippen LogP contribution in [0.4, 0.5) is 0 Å². The number of nitrogens with zero attached hydrogens (tertiary/aromatic N) is 1. The molecule has 0 radical (unpaired) electrons. The third kappa shape index (κ3) is 3.80. The Balaban J connectivity index is 2.11. The quantitative estimate of drug-likeness (QED) is 0.910. The van der Waals surface area contributed by atoms with Gasteiger partial charge >= 0.3 is 0 Å². The fourth-order valence-corrected chi connectivity index (χ4v) is 3.59. The Morgan fingerprint density at radius 2 is 2.16 bits per heavy atom. The molecule has 1 aromatic heterocycles. The molecule has 0 saturated carbocycles. The summed E-state index contributed by atoms with van der Waals surface area (Å²) < 4.78 is 0. The Bertz CT molecular complexity index is 378. The van der Waals surface area contributed by atoms with Crippen LogP contribution < -0.4 is 5.32 Å². The van der Waals surface area contributed by atoms with Gasteiger partial charge in [-0.1, -0.05) is 34.6 Å². The van der Waals surface area contributed by atoms with Crippen LogP contribution in [-0.2, 0) is 6.54 Å². The average Bonchev–Trinajstić information content (AvgIpc) is 2.80. The lowest BCUT2D eigenvalue weighted by Crippen LogP contribution is -2.61. The van der Waals surface area contributed by atoms with Crippen molar-refractivity contribution in [2.24, 2.45) is 11.3 Å². The number of hydrogen-bond donors (Lipinski definition) is 1. The number of rotatable bonds is 3. The number of nitrogens with one attached hydrogen (secondary N) is 1. The minimum atomic E-state index is 0.324. The zero-order chi connectivity index (χ0) is 14.0. The third-order valence-corrected chi connectivity index (χ3v) is 4.95. The van der Waals surface area contributed by atoms with Crippen LogP contribution in [0, 0.1) is 11.3 Å². The van der Waals surface area contributed by atoms with Gasteiger partial charge in [-0.15, -0.1) is 0 Å². The summed E-state index contributed by atoms with van der Waals surface area (Å²) in [5.41, 5.74) is 1.79. The van der Waals surface area contributed by atoms with Crippen molar-refractivity contribution in [1.29, 1.82) is 0 Å². The van der Waals surface area contributed by atoms with Crippen LogP contribution >= 0.6 is 11.3 Å². The molecule has 1 fully saturated rings. The van der Waals surface area contributed by atoms with Gasteiger partial charge < -0.3 is 5.32 Å². The minimum absolute atomic E-state index is 0.324. The van der Waals surface area contributed by atoms with Gasteiger partial charge in [0.05, 0.1) is 0 Å². The SMILES string of the molecule is CC(C)C1CN(Cc2ccsc2)C(C(C)(C)C)CN1. The van der Waals surface area contributed by atoms with Gasteiger partial charge in [0, 0.05) is 31.7 Å². The highest BCUT2D eigenvalue weighted by molar-refractivity contribution is 7.07. The maximum Gasteiger partial charge on any atom is 0.0273 e. The number of thiophene rings is 1. The van der Waals surface area contributed by atoms with E-state index < -0.39 is 0 Å². The topological polar surface area (TPSA) is 15.3 Å². The summed E-state index contributed by atoms with van der Waals surface area (Å²) in [7, 11) is 0. The van der Waals surface area contributed by atoms with Crippen molar-refractivity contribution in [1.82, 2.24) is 10.2 Å². The maximum atomic E-state index is 3.75. The molecular formula is C16H28N2S. The van der Waals surface area contributed by atoms with Crippen LogP contribution in [0.25, 0.3) is 0 Å². The van der Waals surface area contributed by atoms with Crippen molar-refractivity contribution in [2.45, 2.75) is 53.2 Å². The first-order valence-corrected chi connectivity index (χ1v) is 8.30.